The van der Waals surface area contributed by atoms with Crippen molar-refractivity contribution in [1.82, 2.24) is 25.5 Å². The van der Waals surface area contributed by atoms with E-state index in [4.69, 9.17) is 9.72 Å². The number of hydrogen-bond acceptors (Lipinski definition) is 10. The number of aromatic nitrogens is 2. The van der Waals surface area contributed by atoms with Crippen LogP contribution in [0.15, 0.2) is 42.6 Å². The van der Waals surface area contributed by atoms with E-state index in [2.05, 4.69) is 25.8 Å². The number of benzene rings is 2. The molecule has 294 valence electrons. The lowest BCUT2D eigenvalue weighted by Crippen LogP contribution is -2.55. The number of rotatable bonds is 13. The molecule has 3 N–H and O–H groups in total. The average Bonchev–Trinajstić information content (AvgIpc) is 3.85. The first-order valence-corrected chi connectivity index (χ1v) is 19.5. The van der Waals surface area contributed by atoms with Crippen molar-refractivity contribution < 1.29 is 33.5 Å². The molecule has 7 rings (SSSR count). The second-order valence-electron chi connectivity index (χ2n) is 14.9. The second kappa shape index (κ2) is 16.5. The van der Waals surface area contributed by atoms with Crippen molar-refractivity contribution in [3.8, 4) is 5.75 Å². The fraction of sp³-hybridized carbons (Fsp3) is 0.463. The number of carbonyl (C=O) groups is 6. The van der Waals surface area contributed by atoms with Crippen LogP contribution in [-0.4, -0.2) is 89.1 Å². The Kier molecular flexibility index (Phi) is 11.3. The maximum Gasteiger partial charge on any atom is 0.255 e. The molecule has 1 unspecified atom stereocenters. The van der Waals surface area contributed by atoms with Crippen LogP contribution in [0.3, 0.4) is 0 Å². The molecule has 4 heterocycles. The quantitative estimate of drug-likeness (QED) is 0.171. The van der Waals surface area contributed by atoms with Crippen molar-refractivity contribution in [3.05, 3.63) is 70.7 Å². The zero-order valence-electron chi connectivity index (χ0n) is 32.1. The lowest BCUT2D eigenvalue weighted by molar-refractivity contribution is -0.137. The highest BCUT2D eigenvalue weighted by molar-refractivity contribution is 6.07. The largest absolute Gasteiger partial charge is 0.496 e. The number of nitrogens with zero attached hydrogens (tertiary/aromatic N) is 5. The Bertz CT molecular complexity index is 2060. The van der Waals surface area contributed by atoms with Crippen LogP contribution in [0.2, 0.25) is 0 Å². The van der Waals surface area contributed by atoms with Gasteiger partial charge in [-0.05, 0) is 62.8 Å². The van der Waals surface area contributed by atoms with Crippen LogP contribution >= 0.6 is 0 Å². The Hall–Kier alpha value is -5.86. The number of amides is 6. The highest BCUT2D eigenvalue weighted by Gasteiger charge is 2.42. The number of ether oxygens (including phenoxy) is 1. The van der Waals surface area contributed by atoms with Gasteiger partial charge >= 0.3 is 0 Å². The van der Waals surface area contributed by atoms with E-state index in [0.29, 0.717) is 71.9 Å². The standard InChI is InChI=1S/C41H48N8O7/c1-4-30-41(55)47(2)32-22-43-34(45-37(32)49(30)26-10-5-6-11-26)21-24-15-16-25(20-33(24)56-3)38(52)42-19-8-7-14-35(50)44-29-13-9-12-27-28(29)23-48(40(27)54)31-17-18-36(51)46-39(31)53/h9,12-13,15-16,20,22,26,30-31H,4-8,10-11,14,17-19,21,23H2,1-3H3,(H,42,52)(H,44,50)(H,46,51,53)/t30-,31?/m1/s1. The third-order valence-electron chi connectivity index (χ3n) is 11.3. The number of imide groups is 1. The molecule has 0 radical (unpaired) electrons. The van der Waals surface area contributed by atoms with Gasteiger partial charge in [0.05, 0.1) is 13.3 Å². The first-order valence-electron chi connectivity index (χ1n) is 19.5. The first kappa shape index (κ1) is 38.4. The second-order valence-corrected chi connectivity index (χ2v) is 14.9. The minimum absolute atomic E-state index is 0.0672. The van der Waals surface area contributed by atoms with Crippen LogP contribution in [0, 0.1) is 0 Å². The van der Waals surface area contributed by atoms with Crippen LogP contribution in [0.4, 0.5) is 17.2 Å². The van der Waals surface area contributed by atoms with Gasteiger partial charge < -0.3 is 30.1 Å². The van der Waals surface area contributed by atoms with E-state index in [9.17, 15) is 28.8 Å². The average molecular weight is 765 g/mol. The third-order valence-corrected chi connectivity index (χ3v) is 11.3. The molecule has 4 aliphatic rings. The summed E-state index contributed by atoms with van der Waals surface area (Å²) in [5.74, 6) is 0.366. The molecule has 3 aromatic rings. The Labute approximate surface area is 325 Å². The SMILES string of the molecule is CC[C@@H]1C(=O)N(C)c2cnc(Cc3ccc(C(=O)NCCCCC(=O)Nc4cccc5c4CN(C4CCC(=O)NC4=O)C5=O)cc3OC)nc2N1C1CCCC1. The van der Waals surface area contributed by atoms with E-state index < -0.39 is 11.9 Å². The van der Waals surface area contributed by atoms with E-state index >= 15 is 0 Å². The molecule has 1 saturated heterocycles. The maximum absolute atomic E-state index is 13.3. The van der Waals surface area contributed by atoms with Gasteiger partial charge in [-0.25, -0.2) is 9.97 Å². The summed E-state index contributed by atoms with van der Waals surface area (Å²) in [5.41, 5.74) is 3.56. The summed E-state index contributed by atoms with van der Waals surface area (Å²) in [6, 6.07) is 9.65. The van der Waals surface area contributed by atoms with Crippen molar-refractivity contribution in [2.75, 3.05) is 35.8 Å². The van der Waals surface area contributed by atoms with Gasteiger partial charge in [0.15, 0.2) is 5.82 Å². The lowest BCUT2D eigenvalue weighted by Gasteiger charge is -2.43. The van der Waals surface area contributed by atoms with Crippen molar-refractivity contribution in [2.24, 2.45) is 0 Å². The van der Waals surface area contributed by atoms with Crippen LogP contribution in [-0.2, 0) is 32.1 Å². The van der Waals surface area contributed by atoms with Crippen molar-refractivity contribution in [1.29, 1.82) is 0 Å². The number of hydrogen-bond donors (Lipinski definition) is 3. The summed E-state index contributed by atoms with van der Waals surface area (Å²) in [5, 5.41) is 8.12. The predicted octanol–water partition coefficient (Wildman–Crippen LogP) is 3.88. The number of carbonyl (C=O) groups excluding carboxylic acids is 6. The number of methoxy groups -OCH3 is 1. The molecule has 15 heteroatoms. The lowest BCUT2D eigenvalue weighted by atomic mass is 10.0. The minimum atomic E-state index is -0.737. The van der Waals surface area contributed by atoms with Crippen LogP contribution in [0.1, 0.15) is 109 Å². The molecule has 0 spiro atoms. The molecule has 3 aliphatic heterocycles. The highest BCUT2D eigenvalue weighted by Crippen LogP contribution is 2.40. The van der Waals surface area contributed by atoms with E-state index in [0.717, 1.165) is 37.1 Å². The Balaban J connectivity index is 0.910. The Morgan fingerprint density at radius 3 is 2.59 bits per heavy atom. The van der Waals surface area contributed by atoms with Gasteiger partial charge in [0.2, 0.25) is 23.6 Å². The minimum Gasteiger partial charge on any atom is -0.496 e. The molecule has 1 saturated carbocycles. The highest BCUT2D eigenvalue weighted by atomic mass is 16.5. The van der Waals surface area contributed by atoms with Crippen molar-refractivity contribution in [3.63, 3.8) is 0 Å². The Morgan fingerprint density at radius 2 is 1.84 bits per heavy atom. The van der Waals surface area contributed by atoms with Crippen LogP contribution in [0.25, 0.3) is 0 Å². The number of piperidine rings is 1. The monoisotopic (exact) mass is 764 g/mol. The normalized spacial score (nSPS) is 19.5. The number of nitrogens with one attached hydrogen (secondary N) is 3. The van der Waals surface area contributed by atoms with Gasteiger partial charge in [-0.15, -0.1) is 0 Å². The first-order chi connectivity index (χ1) is 27.1. The van der Waals surface area contributed by atoms with Gasteiger partial charge in [-0.2, -0.15) is 0 Å². The fourth-order valence-corrected chi connectivity index (χ4v) is 8.34. The molecular weight excluding hydrogens is 716 g/mol. The van der Waals surface area contributed by atoms with Crippen molar-refractivity contribution >= 4 is 52.6 Å². The van der Waals surface area contributed by atoms with Gasteiger partial charge in [0.25, 0.3) is 11.8 Å². The molecule has 6 amide bonds. The molecule has 1 aromatic heterocycles. The number of anilines is 3. The van der Waals surface area contributed by atoms with Gasteiger partial charge in [-0.1, -0.05) is 31.9 Å². The van der Waals surface area contributed by atoms with E-state index in [1.165, 1.54) is 4.90 Å². The number of unbranched alkanes of at least 4 members (excludes halogenated alkanes) is 1. The van der Waals surface area contributed by atoms with Crippen LogP contribution in [0.5, 0.6) is 5.75 Å². The van der Waals surface area contributed by atoms with Crippen molar-refractivity contribution in [2.45, 2.75) is 102 Å². The van der Waals surface area contributed by atoms with E-state index in [1.807, 2.05) is 13.0 Å². The van der Waals surface area contributed by atoms with Gasteiger partial charge in [0, 0.05) is 73.4 Å². The molecule has 56 heavy (non-hydrogen) atoms. The zero-order chi connectivity index (χ0) is 39.5. The number of likely N-dealkylation sites (N-methyl/N-ethyl adjacent to an activating group) is 1. The smallest absolute Gasteiger partial charge is 0.255 e. The summed E-state index contributed by atoms with van der Waals surface area (Å²) in [6.07, 6.45) is 8.88. The molecule has 15 nitrogen and oxygen atoms in total. The van der Waals surface area contributed by atoms with E-state index in [-0.39, 0.29) is 67.4 Å². The summed E-state index contributed by atoms with van der Waals surface area (Å²) in [7, 11) is 3.34. The zero-order valence-corrected chi connectivity index (χ0v) is 32.1. The van der Waals surface area contributed by atoms with E-state index in [1.54, 1.807) is 55.6 Å². The van der Waals surface area contributed by atoms with Gasteiger partial charge in [-0.3, -0.25) is 34.1 Å². The summed E-state index contributed by atoms with van der Waals surface area (Å²) >= 11 is 0. The summed E-state index contributed by atoms with van der Waals surface area (Å²) < 4.78 is 5.69. The maximum atomic E-state index is 13.3. The van der Waals surface area contributed by atoms with Gasteiger partial charge in [0.1, 0.15) is 29.3 Å². The molecule has 2 fully saturated rings. The van der Waals surface area contributed by atoms with Crippen LogP contribution < -0.4 is 30.5 Å². The topological polar surface area (TPSA) is 183 Å². The predicted molar refractivity (Wildman–Crippen MR) is 207 cm³/mol. The Morgan fingerprint density at radius 1 is 1.04 bits per heavy atom. The third kappa shape index (κ3) is 7.66. The molecule has 0 bridgehead atoms. The summed E-state index contributed by atoms with van der Waals surface area (Å²) in [4.78, 5) is 91.3. The molecule has 2 aromatic carbocycles. The molecule has 2 atom stereocenters. The molecule has 1 aliphatic carbocycles. The fourth-order valence-electron chi connectivity index (χ4n) is 8.34. The summed E-state index contributed by atoms with van der Waals surface area (Å²) in [6.45, 7) is 2.57. The molecular formula is C41H48N8O7. The number of fused-ring (bicyclic) bond motifs is 2.